The maximum Gasteiger partial charge on any atom is 0.158 e. The van der Waals surface area contributed by atoms with Crippen LogP contribution in [0.25, 0.3) is 0 Å². The van der Waals surface area contributed by atoms with Crippen molar-refractivity contribution in [3.05, 3.63) is 17.8 Å². The zero-order valence-electron chi connectivity index (χ0n) is 10.5. The van der Waals surface area contributed by atoms with E-state index in [1.165, 1.54) is 12.5 Å². The lowest BCUT2D eigenvalue weighted by atomic mass is 10.2. The van der Waals surface area contributed by atoms with E-state index in [9.17, 15) is 8.42 Å². The van der Waals surface area contributed by atoms with Gasteiger partial charge in [0.05, 0.1) is 16.5 Å². The minimum absolute atomic E-state index is 0.185. The molecule has 1 aromatic heterocycles. The Morgan fingerprint density at radius 2 is 2.17 bits per heavy atom. The van der Waals surface area contributed by atoms with Gasteiger partial charge in [-0.2, -0.15) is 5.10 Å². The van der Waals surface area contributed by atoms with Gasteiger partial charge in [0.2, 0.25) is 0 Å². The molecule has 0 amide bonds. The summed E-state index contributed by atoms with van der Waals surface area (Å²) in [5.41, 5.74) is 6.09. The molecule has 3 N–H and O–H groups in total. The molecule has 0 atom stereocenters. The first-order chi connectivity index (χ1) is 8.15. The Bertz CT molecular complexity index is 555. The van der Waals surface area contributed by atoms with E-state index in [4.69, 9.17) is 18.0 Å². The number of sulfone groups is 1. The van der Waals surface area contributed by atoms with Crippen molar-refractivity contribution in [1.29, 1.82) is 0 Å². The fourth-order valence-electron chi connectivity index (χ4n) is 1.09. The first-order valence-electron chi connectivity index (χ1n) is 5.20. The highest BCUT2D eigenvalue weighted by molar-refractivity contribution is 7.92. The number of rotatable bonds is 5. The third-order valence-electron chi connectivity index (χ3n) is 2.67. The van der Waals surface area contributed by atoms with Gasteiger partial charge in [-0.15, -0.1) is 5.10 Å². The minimum atomic E-state index is -3.18. The van der Waals surface area contributed by atoms with Crippen LogP contribution >= 0.6 is 12.2 Å². The summed E-state index contributed by atoms with van der Waals surface area (Å²) in [7, 11) is -3.18. The average Bonchev–Trinajstić information content (AvgIpc) is 2.25. The normalized spacial score (nSPS) is 12.2. The first kappa shape index (κ1) is 14.8. The third-order valence-corrected chi connectivity index (χ3v) is 5.04. The van der Waals surface area contributed by atoms with Crippen LogP contribution in [0.15, 0.2) is 12.3 Å². The molecule has 0 radical (unpaired) electrons. The summed E-state index contributed by atoms with van der Waals surface area (Å²) < 4.78 is 22.2. The number of nitrogens with two attached hydrogens (primary N) is 1. The van der Waals surface area contributed by atoms with Gasteiger partial charge in [-0.1, -0.05) is 12.2 Å². The molecule has 1 aromatic rings. The number of anilines is 1. The predicted octanol–water partition coefficient (Wildman–Crippen LogP) is 0.346. The van der Waals surface area contributed by atoms with E-state index in [-0.39, 0.29) is 11.5 Å². The molecule has 0 saturated heterocycles. The fourth-order valence-corrected chi connectivity index (χ4v) is 1.59. The second-order valence-corrected chi connectivity index (χ2v) is 7.63. The Kier molecular flexibility index (Phi) is 4.23. The summed E-state index contributed by atoms with van der Waals surface area (Å²) in [6.07, 6.45) is 2.67. The SMILES string of the molecule is CC(C)(CNc1nnccc1C(N)=S)S(C)(=O)=O. The van der Waals surface area contributed by atoms with Crippen molar-refractivity contribution in [1.82, 2.24) is 10.2 Å². The van der Waals surface area contributed by atoms with Crippen molar-refractivity contribution in [2.45, 2.75) is 18.6 Å². The van der Waals surface area contributed by atoms with Gasteiger partial charge in [0.25, 0.3) is 0 Å². The molecule has 1 heterocycles. The van der Waals surface area contributed by atoms with Crippen LogP contribution in [0.5, 0.6) is 0 Å². The number of nitrogens with zero attached hydrogens (tertiary/aromatic N) is 2. The van der Waals surface area contributed by atoms with Crippen LogP contribution < -0.4 is 11.1 Å². The molecule has 0 spiro atoms. The first-order valence-corrected chi connectivity index (χ1v) is 7.50. The Labute approximate surface area is 112 Å². The van der Waals surface area contributed by atoms with Gasteiger partial charge in [-0.05, 0) is 19.9 Å². The number of hydrogen-bond donors (Lipinski definition) is 2. The van der Waals surface area contributed by atoms with E-state index in [2.05, 4.69) is 15.5 Å². The standard InChI is InChI=1S/C10H16N4O2S2/c1-10(2,18(3,15)16)6-12-9-7(8(11)17)4-5-13-14-9/h4-5H,6H2,1-3H3,(H2,11,17)(H,12,14). The highest BCUT2D eigenvalue weighted by Crippen LogP contribution is 2.17. The molecule has 0 aromatic carbocycles. The molecule has 0 aliphatic carbocycles. The molecule has 0 bridgehead atoms. The van der Waals surface area contributed by atoms with Crippen molar-refractivity contribution < 1.29 is 8.42 Å². The van der Waals surface area contributed by atoms with Crippen LogP contribution in [-0.4, -0.2) is 41.2 Å². The topological polar surface area (TPSA) is 98.0 Å². The van der Waals surface area contributed by atoms with Crippen molar-refractivity contribution >= 4 is 32.9 Å². The molecule has 100 valence electrons. The Morgan fingerprint density at radius 1 is 1.56 bits per heavy atom. The van der Waals surface area contributed by atoms with E-state index in [0.717, 1.165) is 0 Å². The zero-order chi connectivity index (χ0) is 14.0. The summed E-state index contributed by atoms with van der Waals surface area (Å²) in [5.74, 6) is 0.390. The zero-order valence-corrected chi connectivity index (χ0v) is 12.1. The molecule has 0 aliphatic heterocycles. The number of hydrogen-bond acceptors (Lipinski definition) is 6. The van der Waals surface area contributed by atoms with Gasteiger partial charge in [0.1, 0.15) is 4.99 Å². The molecule has 0 aliphatic rings. The van der Waals surface area contributed by atoms with Crippen LogP contribution in [0.3, 0.4) is 0 Å². The maximum atomic E-state index is 11.6. The summed E-state index contributed by atoms with van der Waals surface area (Å²) >= 11 is 4.88. The van der Waals surface area contributed by atoms with Crippen molar-refractivity contribution in [3.8, 4) is 0 Å². The van der Waals surface area contributed by atoms with Crippen molar-refractivity contribution in [3.63, 3.8) is 0 Å². The van der Waals surface area contributed by atoms with Gasteiger partial charge in [-0.3, -0.25) is 0 Å². The molecule has 18 heavy (non-hydrogen) atoms. The third kappa shape index (κ3) is 3.36. The summed E-state index contributed by atoms with van der Waals surface area (Å²) in [6.45, 7) is 3.46. The second kappa shape index (κ2) is 5.15. The Hall–Kier alpha value is -1.28. The minimum Gasteiger partial charge on any atom is -0.389 e. The molecule has 0 fully saturated rings. The highest BCUT2D eigenvalue weighted by atomic mass is 32.2. The van der Waals surface area contributed by atoms with Crippen LogP contribution in [0.1, 0.15) is 19.4 Å². The predicted molar refractivity (Wildman–Crippen MR) is 75.3 cm³/mol. The van der Waals surface area contributed by atoms with E-state index >= 15 is 0 Å². The van der Waals surface area contributed by atoms with E-state index in [0.29, 0.717) is 11.4 Å². The van der Waals surface area contributed by atoms with Crippen LogP contribution in [0.2, 0.25) is 0 Å². The summed E-state index contributed by atoms with van der Waals surface area (Å²) in [4.78, 5) is 0.185. The Morgan fingerprint density at radius 3 is 2.67 bits per heavy atom. The molecule has 6 nitrogen and oxygen atoms in total. The monoisotopic (exact) mass is 288 g/mol. The quantitative estimate of drug-likeness (QED) is 0.754. The van der Waals surface area contributed by atoms with E-state index in [1.807, 2.05) is 0 Å². The van der Waals surface area contributed by atoms with Crippen LogP contribution in [0.4, 0.5) is 5.82 Å². The molecular formula is C10H16N4O2S2. The number of aromatic nitrogens is 2. The molecule has 0 unspecified atom stereocenters. The lowest BCUT2D eigenvalue weighted by Gasteiger charge is -2.23. The van der Waals surface area contributed by atoms with Crippen LogP contribution in [-0.2, 0) is 9.84 Å². The number of thiocarbonyl (C=S) groups is 1. The second-order valence-electron chi connectivity index (χ2n) is 4.54. The fraction of sp³-hybridized carbons (Fsp3) is 0.500. The largest absolute Gasteiger partial charge is 0.389 e. The number of nitrogens with one attached hydrogen (secondary N) is 1. The molecule has 8 heteroatoms. The van der Waals surface area contributed by atoms with Crippen molar-refractivity contribution in [2.24, 2.45) is 5.73 Å². The molecular weight excluding hydrogens is 272 g/mol. The lowest BCUT2D eigenvalue weighted by molar-refractivity contribution is 0.559. The van der Waals surface area contributed by atoms with Crippen molar-refractivity contribution in [2.75, 3.05) is 18.1 Å². The van der Waals surface area contributed by atoms with Gasteiger partial charge in [0, 0.05) is 12.8 Å². The highest BCUT2D eigenvalue weighted by Gasteiger charge is 2.30. The smallest absolute Gasteiger partial charge is 0.158 e. The summed E-state index contributed by atoms with van der Waals surface area (Å²) in [6, 6.07) is 1.63. The van der Waals surface area contributed by atoms with Gasteiger partial charge < -0.3 is 11.1 Å². The van der Waals surface area contributed by atoms with Crippen LogP contribution in [0, 0.1) is 0 Å². The average molecular weight is 288 g/mol. The summed E-state index contributed by atoms with van der Waals surface area (Å²) in [5, 5.41) is 10.5. The lowest BCUT2D eigenvalue weighted by Crippen LogP contribution is -2.38. The van der Waals surface area contributed by atoms with Gasteiger partial charge in [-0.25, -0.2) is 8.42 Å². The van der Waals surface area contributed by atoms with Gasteiger partial charge in [0.15, 0.2) is 15.7 Å². The molecule has 0 saturated carbocycles. The maximum absolute atomic E-state index is 11.6. The van der Waals surface area contributed by atoms with Gasteiger partial charge >= 0.3 is 0 Å². The van der Waals surface area contributed by atoms with E-state index in [1.54, 1.807) is 19.9 Å². The molecule has 1 rings (SSSR count). The van der Waals surface area contributed by atoms with E-state index < -0.39 is 14.6 Å². The Balaban J connectivity index is 2.91.